The molecule has 3 N–H and O–H groups in total. The molecule has 1 unspecified atom stereocenters. The lowest BCUT2D eigenvalue weighted by atomic mass is 10.0. The van der Waals surface area contributed by atoms with E-state index in [2.05, 4.69) is 36.6 Å². The van der Waals surface area contributed by atoms with Crippen LogP contribution in [0, 0.1) is 0 Å². The van der Waals surface area contributed by atoms with Crippen LogP contribution < -0.4 is 10.6 Å². The lowest BCUT2D eigenvalue weighted by Crippen LogP contribution is -2.50. The minimum Gasteiger partial charge on any atom is -0.394 e. The first-order valence-corrected chi connectivity index (χ1v) is 7.29. The third-order valence-electron chi connectivity index (χ3n) is 3.76. The van der Waals surface area contributed by atoms with Gasteiger partial charge < -0.3 is 15.7 Å². The Morgan fingerprint density at radius 3 is 2.45 bits per heavy atom. The molecule has 112 valence electrons. The molecule has 0 fully saturated rings. The highest BCUT2D eigenvalue weighted by Crippen LogP contribution is 2.19. The van der Waals surface area contributed by atoms with E-state index in [1.54, 1.807) is 0 Å². The van der Waals surface area contributed by atoms with Crippen molar-refractivity contribution in [2.75, 3.05) is 11.9 Å². The Labute approximate surface area is 121 Å². The number of rotatable bonds is 6. The number of carbonyl (C=O) groups excluding carboxylic acids is 1. The van der Waals surface area contributed by atoms with Crippen molar-refractivity contribution in [3.63, 3.8) is 0 Å². The van der Waals surface area contributed by atoms with E-state index >= 15 is 0 Å². The molecule has 0 bridgehead atoms. The second-order valence-electron chi connectivity index (χ2n) is 5.35. The number of aryl methyl sites for hydroxylation is 2. The third-order valence-corrected chi connectivity index (χ3v) is 3.76. The van der Waals surface area contributed by atoms with Crippen molar-refractivity contribution in [3.05, 3.63) is 29.3 Å². The van der Waals surface area contributed by atoms with Crippen LogP contribution in [0.1, 0.15) is 45.2 Å². The molecule has 2 amide bonds. The number of hydrogen-bond donors (Lipinski definition) is 3. The number of aliphatic hydroxyl groups is 1. The molecule has 0 spiro atoms. The molecule has 4 nitrogen and oxygen atoms in total. The topological polar surface area (TPSA) is 61.4 Å². The van der Waals surface area contributed by atoms with Crippen LogP contribution in [0.15, 0.2) is 18.2 Å². The van der Waals surface area contributed by atoms with Crippen LogP contribution in [0.4, 0.5) is 10.5 Å². The highest BCUT2D eigenvalue weighted by Gasteiger charge is 2.23. The molecule has 0 saturated carbocycles. The van der Waals surface area contributed by atoms with Crippen molar-refractivity contribution in [3.8, 4) is 0 Å². The summed E-state index contributed by atoms with van der Waals surface area (Å²) in [6.07, 6.45) is 2.47. The maximum absolute atomic E-state index is 12.1. The normalized spacial score (nSPS) is 13.7. The first-order valence-electron chi connectivity index (χ1n) is 7.29. The zero-order valence-corrected chi connectivity index (χ0v) is 12.9. The minimum atomic E-state index is -0.584. The van der Waals surface area contributed by atoms with Gasteiger partial charge >= 0.3 is 6.03 Å². The highest BCUT2D eigenvalue weighted by molar-refractivity contribution is 5.90. The number of anilines is 1. The predicted octanol–water partition coefficient (Wildman–Crippen LogP) is 3.09. The summed E-state index contributed by atoms with van der Waals surface area (Å²) in [6, 6.07) is 5.89. The van der Waals surface area contributed by atoms with E-state index in [0.717, 1.165) is 24.1 Å². The SMILES string of the molecule is CCc1ccc(CC)c(NC(=O)NC(C)(CC)CO)c1. The molecular formula is C16H26N2O2. The van der Waals surface area contributed by atoms with Crippen molar-refractivity contribution in [1.29, 1.82) is 0 Å². The average Bonchev–Trinajstić information content (AvgIpc) is 2.46. The number of carbonyl (C=O) groups is 1. The smallest absolute Gasteiger partial charge is 0.319 e. The van der Waals surface area contributed by atoms with Crippen LogP contribution in [0.2, 0.25) is 0 Å². The molecule has 1 aromatic rings. The molecule has 0 radical (unpaired) electrons. The lowest BCUT2D eigenvalue weighted by molar-refractivity contribution is 0.172. The van der Waals surface area contributed by atoms with E-state index in [9.17, 15) is 9.90 Å². The Morgan fingerprint density at radius 2 is 1.95 bits per heavy atom. The van der Waals surface area contributed by atoms with Crippen LogP contribution in [0.25, 0.3) is 0 Å². The minimum absolute atomic E-state index is 0.0768. The zero-order chi connectivity index (χ0) is 15.2. The summed E-state index contributed by atoms with van der Waals surface area (Å²) in [4.78, 5) is 12.1. The monoisotopic (exact) mass is 278 g/mol. The zero-order valence-electron chi connectivity index (χ0n) is 12.9. The van der Waals surface area contributed by atoms with Crippen molar-refractivity contribution in [2.24, 2.45) is 0 Å². The van der Waals surface area contributed by atoms with E-state index < -0.39 is 5.54 Å². The third kappa shape index (κ3) is 4.23. The summed E-state index contributed by atoms with van der Waals surface area (Å²) in [5, 5.41) is 15.1. The second-order valence-corrected chi connectivity index (χ2v) is 5.35. The molecular weight excluding hydrogens is 252 g/mol. The summed E-state index contributed by atoms with van der Waals surface area (Å²) in [6.45, 7) is 7.84. The number of nitrogens with one attached hydrogen (secondary N) is 2. The molecule has 0 aliphatic carbocycles. The van der Waals surface area contributed by atoms with Gasteiger partial charge in [-0.15, -0.1) is 0 Å². The van der Waals surface area contributed by atoms with Gasteiger partial charge in [0.2, 0.25) is 0 Å². The Hall–Kier alpha value is -1.55. The van der Waals surface area contributed by atoms with Gasteiger partial charge in [0.05, 0.1) is 12.1 Å². The first kappa shape index (κ1) is 16.5. The van der Waals surface area contributed by atoms with Crippen molar-refractivity contribution < 1.29 is 9.90 Å². The van der Waals surface area contributed by atoms with Gasteiger partial charge in [-0.1, -0.05) is 32.9 Å². The van der Waals surface area contributed by atoms with Crippen LogP contribution in [0.5, 0.6) is 0 Å². The van der Waals surface area contributed by atoms with Gasteiger partial charge in [-0.25, -0.2) is 4.79 Å². The number of urea groups is 1. The van der Waals surface area contributed by atoms with Gasteiger partial charge in [0, 0.05) is 5.69 Å². The Balaban J connectivity index is 2.84. The molecule has 0 aromatic heterocycles. The molecule has 1 atom stereocenters. The van der Waals surface area contributed by atoms with Gasteiger partial charge in [0.1, 0.15) is 0 Å². The van der Waals surface area contributed by atoms with Crippen LogP contribution in [-0.2, 0) is 12.8 Å². The van der Waals surface area contributed by atoms with Gasteiger partial charge in [0.15, 0.2) is 0 Å². The average molecular weight is 278 g/mol. The van der Waals surface area contributed by atoms with Gasteiger partial charge in [0.25, 0.3) is 0 Å². The van der Waals surface area contributed by atoms with E-state index in [4.69, 9.17) is 0 Å². The molecule has 0 aliphatic rings. The number of benzene rings is 1. The fourth-order valence-corrected chi connectivity index (χ4v) is 1.94. The Bertz CT molecular complexity index is 454. The Morgan fingerprint density at radius 1 is 1.25 bits per heavy atom. The molecule has 1 rings (SSSR count). The molecule has 0 saturated heterocycles. The van der Waals surface area contributed by atoms with Gasteiger partial charge in [-0.2, -0.15) is 0 Å². The molecule has 20 heavy (non-hydrogen) atoms. The Kier molecular flexibility index (Phi) is 6.02. The number of aliphatic hydroxyl groups excluding tert-OH is 1. The molecule has 1 aromatic carbocycles. The maximum atomic E-state index is 12.1. The predicted molar refractivity (Wildman–Crippen MR) is 83.1 cm³/mol. The fourth-order valence-electron chi connectivity index (χ4n) is 1.94. The van der Waals surface area contributed by atoms with Gasteiger partial charge in [-0.3, -0.25) is 0 Å². The summed E-state index contributed by atoms with van der Waals surface area (Å²) in [7, 11) is 0. The van der Waals surface area contributed by atoms with Gasteiger partial charge in [-0.05, 0) is 43.4 Å². The van der Waals surface area contributed by atoms with E-state index in [1.807, 2.05) is 19.9 Å². The van der Waals surface area contributed by atoms with E-state index in [0.29, 0.717) is 6.42 Å². The van der Waals surface area contributed by atoms with Crippen molar-refractivity contribution >= 4 is 11.7 Å². The second kappa shape index (κ2) is 7.29. The van der Waals surface area contributed by atoms with Crippen LogP contribution in [0.3, 0.4) is 0 Å². The summed E-state index contributed by atoms with van der Waals surface area (Å²) >= 11 is 0. The van der Waals surface area contributed by atoms with Crippen molar-refractivity contribution in [2.45, 2.75) is 52.5 Å². The highest BCUT2D eigenvalue weighted by atomic mass is 16.3. The quantitative estimate of drug-likeness (QED) is 0.749. The molecule has 0 aliphatic heterocycles. The summed E-state index contributed by atoms with van der Waals surface area (Å²) in [5.74, 6) is 0. The number of amides is 2. The standard InChI is InChI=1S/C16H26N2O2/c1-5-12-8-9-13(6-2)14(10-12)17-15(20)18-16(4,7-3)11-19/h8-10,19H,5-7,11H2,1-4H3,(H2,17,18,20). The lowest BCUT2D eigenvalue weighted by Gasteiger charge is -2.27. The first-order chi connectivity index (χ1) is 9.47. The molecule has 0 heterocycles. The summed E-state index contributed by atoms with van der Waals surface area (Å²) in [5.41, 5.74) is 2.57. The van der Waals surface area contributed by atoms with E-state index in [1.165, 1.54) is 5.56 Å². The number of hydrogen-bond acceptors (Lipinski definition) is 2. The summed E-state index contributed by atoms with van der Waals surface area (Å²) < 4.78 is 0. The van der Waals surface area contributed by atoms with Crippen molar-refractivity contribution in [1.82, 2.24) is 5.32 Å². The van der Waals surface area contributed by atoms with E-state index in [-0.39, 0.29) is 12.6 Å². The maximum Gasteiger partial charge on any atom is 0.319 e. The largest absolute Gasteiger partial charge is 0.394 e. The van der Waals surface area contributed by atoms with Crippen LogP contribution >= 0.6 is 0 Å². The van der Waals surface area contributed by atoms with Crippen LogP contribution in [-0.4, -0.2) is 23.3 Å². The fraction of sp³-hybridized carbons (Fsp3) is 0.562. The molecule has 4 heteroatoms.